The summed E-state index contributed by atoms with van der Waals surface area (Å²) in [6.07, 6.45) is 3.32. The molecule has 26 heavy (non-hydrogen) atoms. The van der Waals surface area contributed by atoms with Crippen molar-refractivity contribution in [1.29, 1.82) is 0 Å². The van der Waals surface area contributed by atoms with E-state index >= 15 is 0 Å². The van der Waals surface area contributed by atoms with Crippen molar-refractivity contribution >= 4 is 5.97 Å². The monoisotopic (exact) mass is 348 g/mol. The molecule has 3 rings (SSSR count). The Hall–Kier alpha value is -3.05. The maximum Gasteiger partial charge on any atom is 0.338 e. The van der Waals surface area contributed by atoms with E-state index in [4.69, 9.17) is 9.47 Å². The molecule has 5 heteroatoms. The molecule has 0 saturated carbocycles. The molecule has 0 aliphatic heterocycles. The van der Waals surface area contributed by atoms with E-state index in [-0.39, 0.29) is 5.97 Å². The maximum atomic E-state index is 12.2. The summed E-state index contributed by atoms with van der Waals surface area (Å²) in [4.78, 5) is 12.2. The van der Waals surface area contributed by atoms with Crippen molar-refractivity contribution in [3.05, 3.63) is 83.2 Å². The van der Waals surface area contributed by atoms with Crippen molar-refractivity contribution < 1.29 is 14.3 Å². The van der Waals surface area contributed by atoms with E-state index in [1.165, 1.54) is 7.11 Å². The zero-order chi connectivity index (χ0) is 18.4. The topological polar surface area (TPSA) is 61.3 Å². The zero-order valence-corrected chi connectivity index (χ0v) is 14.8. The van der Waals surface area contributed by atoms with Gasteiger partial charge in [0, 0.05) is 6.20 Å². The SMILES string of the molecule is COC(=O)c1ccc(COCc2ccnnc2)cc1-c1ccccc1C. The summed E-state index contributed by atoms with van der Waals surface area (Å²) >= 11 is 0. The van der Waals surface area contributed by atoms with Crippen molar-refractivity contribution in [1.82, 2.24) is 10.2 Å². The van der Waals surface area contributed by atoms with Gasteiger partial charge in [0.15, 0.2) is 0 Å². The molecule has 0 atom stereocenters. The van der Waals surface area contributed by atoms with E-state index in [1.807, 2.05) is 49.4 Å². The van der Waals surface area contributed by atoms with Gasteiger partial charge in [0.05, 0.1) is 32.1 Å². The average molecular weight is 348 g/mol. The Balaban J connectivity index is 1.85. The van der Waals surface area contributed by atoms with Gasteiger partial charge in [0.1, 0.15) is 0 Å². The Labute approximate surface area is 152 Å². The molecule has 0 saturated heterocycles. The van der Waals surface area contributed by atoms with Gasteiger partial charge >= 0.3 is 5.97 Å². The standard InChI is InChI=1S/C21H20N2O3/c1-15-5-3-4-6-18(15)20-11-16(7-8-19(20)21(24)25-2)13-26-14-17-9-10-22-23-12-17/h3-12H,13-14H2,1-2H3. The highest BCUT2D eigenvalue weighted by Crippen LogP contribution is 2.29. The Morgan fingerprint density at radius 1 is 0.962 bits per heavy atom. The number of aryl methyl sites for hydroxylation is 1. The summed E-state index contributed by atoms with van der Waals surface area (Å²) in [7, 11) is 1.39. The molecule has 1 aromatic heterocycles. The molecule has 3 aromatic rings. The van der Waals surface area contributed by atoms with E-state index in [0.29, 0.717) is 18.8 Å². The lowest BCUT2D eigenvalue weighted by Crippen LogP contribution is -2.05. The number of hydrogen-bond donors (Lipinski definition) is 0. The van der Waals surface area contributed by atoms with Gasteiger partial charge in [-0.15, -0.1) is 0 Å². The van der Waals surface area contributed by atoms with Crippen LogP contribution in [0.4, 0.5) is 0 Å². The average Bonchev–Trinajstić information content (AvgIpc) is 2.68. The Morgan fingerprint density at radius 2 is 1.77 bits per heavy atom. The molecule has 0 unspecified atom stereocenters. The lowest BCUT2D eigenvalue weighted by atomic mass is 9.94. The number of aromatic nitrogens is 2. The number of hydrogen-bond acceptors (Lipinski definition) is 5. The number of benzene rings is 2. The van der Waals surface area contributed by atoms with Crippen molar-refractivity contribution in [3.8, 4) is 11.1 Å². The lowest BCUT2D eigenvalue weighted by Gasteiger charge is -2.13. The Bertz CT molecular complexity index is 895. The van der Waals surface area contributed by atoms with Crippen molar-refractivity contribution in [2.75, 3.05) is 7.11 Å². The number of carbonyl (C=O) groups is 1. The van der Waals surface area contributed by atoms with Gasteiger partial charge in [-0.1, -0.05) is 30.3 Å². The second-order valence-corrected chi connectivity index (χ2v) is 5.93. The summed E-state index contributed by atoms with van der Waals surface area (Å²) in [6.45, 7) is 2.91. The van der Waals surface area contributed by atoms with Crippen LogP contribution in [0.1, 0.15) is 27.0 Å². The van der Waals surface area contributed by atoms with Crippen LogP contribution < -0.4 is 0 Å². The number of nitrogens with zero attached hydrogens (tertiary/aromatic N) is 2. The summed E-state index contributed by atoms with van der Waals surface area (Å²) in [5.74, 6) is -0.349. The van der Waals surface area contributed by atoms with Crippen molar-refractivity contribution in [2.45, 2.75) is 20.1 Å². The molecule has 0 aliphatic rings. The lowest BCUT2D eigenvalue weighted by molar-refractivity contribution is 0.0601. The fourth-order valence-corrected chi connectivity index (χ4v) is 2.76. The van der Waals surface area contributed by atoms with E-state index in [1.54, 1.807) is 18.5 Å². The third-order valence-corrected chi connectivity index (χ3v) is 4.11. The molecule has 0 radical (unpaired) electrons. The summed E-state index contributed by atoms with van der Waals surface area (Å²) in [5.41, 5.74) is 5.44. The minimum Gasteiger partial charge on any atom is -0.465 e. The minimum absolute atomic E-state index is 0.349. The number of ether oxygens (including phenoxy) is 2. The molecule has 0 fully saturated rings. The predicted octanol–water partition coefficient (Wildman–Crippen LogP) is 3.96. The molecule has 0 aliphatic carbocycles. The van der Waals surface area contributed by atoms with Crippen LogP contribution in [0.3, 0.4) is 0 Å². The molecule has 0 spiro atoms. The van der Waals surface area contributed by atoms with Gasteiger partial charge in [-0.3, -0.25) is 0 Å². The molecule has 0 amide bonds. The highest BCUT2D eigenvalue weighted by Gasteiger charge is 2.15. The fraction of sp³-hybridized carbons (Fsp3) is 0.190. The molecular weight excluding hydrogens is 328 g/mol. The number of esters is 1. The zero-order valence-electron chi connectivity index (χ0n) is 14.8. The second-order valence-electron chi connectivity index (χ2n) is 5.93. The maximum absolute atomic E-state index is 12.2. The first-order chi connectivity index (χ1) is 12.7. The summed E-state index contributed by atoms with van der Waals surface area (Å²) < 4.78 is 10.7. The van der Waals surface area contributed by atoms with Crippen LogP contribution >= 0.6 is 0 Å². The minimum atomic E-state index is -0.349. The number of carbonyl (C=O) groups excluding carboxylic acids is 1. The Morgan fingerprint density at radius 3 is 2.50 bits per heavy atom. The fourth-order valence-electron chi connectivity index (χ4n) is 2.76. The molecule has 1 heterocycles. The van der Waals surface area contributed by atoms with Gasteiger partial charge in [0.2, 0.25) is 0 Å². The van der Waals surface area contributed by atoms with Crippen LogP contribution in [0, 0.1) is 6.92 Å². The van der Waals surface area contributed by atoms with Crippen LogP contribution in [0.15, 0.2) is 60.9 Å². The van der Waals surface area contributed by atoms with E-state index in [0.717, 1.165) is 27.8 Å². The van der Waals surface area contributed by atoms with Gasteiger partial charge in [0.25, 0.3) is 0 Å². The summed E-state index contributed by atoms with van der Waals surface area (Å²) in [6, 6.07) is 15.5. The van der Waals surface area contributed by atoms with Crippen LogP contribution in [0.25, 0.3) is 11.1 Å². The highest BCUT2D eigenvalue weighted by atomic mass is 16.5. The molecular formula is C21H20N2O3. The first kappa shape index (κ1) is 17.8. The smallest absolute Gasteiger partial charge is 0.338 e. The second kappa shape index (κ2) is 8.36. The van der Waals surface area contributed by atoms with Gasteiger partial charge in [-0.2, -0.15) is 10.2 Å². The normalized spacial score (nSPS) is 10.5. The van der Waals surface area contributed by atoms with Crippen molar-refractivity contribution in [2.24, 2.45) is 0 Å². The van der Waals surface area contributed by atoms with E-state index < -0.39 is 0 Å². The largest absolute Gasteiger partial charge is 0.465 e. The van der Waals surface area contributed by atoms with Crippen LogP contribution in [-0.4, -0.2) is 23.3 Å². The van der Waals surface area contributed by atoms with Crippen LogP contribution in [-0.2, 0) is 22.7 Å². The van der Waals surface area contributed by atoms with E-state index in [9.17, 15) is 4.79 Å². The van der Waals surface area contributed by atoms with Crippen LogP contribution in [0.2, 0.25) is 0 Å². The van der Waals surface area contributed by atoms with E-state index in [2.05, 4.69) is 10.2 Å². The first-order valence-electron chi connectivity index (χ1n) is 8.29. The first-order valence-corrected chi connectivity index (χ1v) is 8.29. The quantitative estimate of drug-likeness (QED) is 0.631. The van der Waals surface area contributed by atoms with Crippen LogP contribution in [0.5, 0.6) is 0 Å². The highest BCUT2D eigenvalue weighted by molar-refractivity contribution is 5.97. The van der Waals surface area contributed by atoms with Gasteiger partial charge in [-0.05, 0) is 52.9 Å². The van der Waals surface area contributed by atoms with Crippen molar-refractivity contribution in [3.63, 3.8) is 0 Å². The summed E-state index contributed by atoms with van der Waals surface area (Å²) in [5, 5.41) is 7.58. The third kappa shape index (κ3) is 4.13. The number of rotatable bonds is 6. The molecule has 132 valence electrons. The Kier molecular flexibility index (Phi) is 5.71. The predicted molar refractivity (Wildman–Crippen MR) is 98.5 cm³/mol. The molecule has 0 N–H and O–H groups in total. The van der Waals surface area contributed by atoms with Gasteiger partial charge in [-0.25, -0.2) is 4.79 Å². The molecule has 2 aromatic carbocycles. The molecule has 0 bridgehead atoms. The third-order valence-electron chi connectivity index (χ3n) is 4.11. The molecule has 5 nitrogen and oxygen atoms in total. The number of methoxy groups -OCH3 is 1. The van der Waals surface area contributed by atoms with Gasteiger partial charge < -0.3 is 9.47 Å².